The number of nitrogens with zero attached hydrogens (tertiary/aromatic N) is 2. The molecule has 0 aliphatic carbocycles. The van der Waals surface area contributed by atoms with Gasteiger partial charge in [0.15, 0.2) is 0 Å². The van der Waals surface area contributed by atoms with E-state index in [2.05, 4.69) is 15.2 Å². The summed E-state index contributed by atoms with van der Waals surface area (Å²) >= 11 is 0. The average molecular weight is 203 g/mol. The quantitative estimate of drug-likeness (QED) is 0.782. The number of H-pyrrole nitrogens is 1. The lowest BCUT2D eigenvalue weighted by Gasteiger charge is -1.91. The van der Waals surface area contributed by atoms with Gasteiger partial charge < -0.3 is 5.11 Å². The molecule has 0 saturated heterocycles. The van der Waals surface area contributed by atoms with Gasteiger partial charge in [-0.3, -0.25) is 14.9 Å². The molecule has 2 rings (SSSR count). The summed E-state index contributed by atoms with van der Waals surface area (Å²) in [6, 6.07) is 5.39. The van der Waals surface area contributed by atoms with Crippen LogP contribution in [0.5, 0.6) is 0 Å². The minimum Gasteiger partial charge on any atom is -0.481 e. The number of carbonyl (C=O) groups is 1. The molecule has 5 heteroatoms. The molecule has 0 saturated carbocycles. The fourth-order valence-electron chi connectivity index (χ4n) is 1.28. The fraction of sp³-hybridized carbons (Fsp3) is 0.100. The van der Waals surface area contributed by atoms with Gasteiger partial charge in [0.25, 0.3) is 0 Å². The van der Waals surface area contributed by atoms with Gasteiger partial charge in [0.2, 0.25) is 0 Å². The molecule has 0 aromatic carbocycles. The van der Waals surface area contributed by atoms with E-state index >= 15 is 0 Å². The average Bonchev–Trinajstić information content (AvgIpc) is 2.67. The number of aromatic amines is 1. The molecule has 0 unspecified atom stereocenters. The second kappa shape index (κ2) is 3.91. The highest BCUT2D eigenvalue weighted by molar-refractivity contribution is 5.70. The third-order valence-corrected chi connectivity index (χ3v) is 1.93. The van der Waals surface area contributed by atoms with E-state index in [0.717, 1.165) is 5.56 Å². The van der Waals surface area contributed by atoms with E-state index in [1.165, 1.54) is 0 Å². The number of rotatable bonds is 3. The van der Waals surface area contributed by atoms with Gasteiger partial charge in [0.1, 0.15) is 0 Å². The summed E-state index contributed by atoms with van der Waals surface area (Å²) in [5, 5.41) is 15.3. The largest absolute Gasteiger partial charge is 0.481 e. The number of carboxylic acids is 1. The van der Waals surface area contributed by atoms with Crippen LogP contribution in [0.1, 0.15) is 5.69 Å². The van der Waals surface area contributed by atoms with Crippen molar-refractivity contribution in [1.82, 2.24) is 15.2 Å². The van der Waals surface area contributed by atoms with Crippen LogP contribution in [-0.4, -0.2) is 26.3 Å². The minimum atomic E-state index is -0.878. The van der Waals surface area contributed by atoms with E-state index in [1.807, 2.05) is 6.07 Å². The molecular formula is C10H9N3O2. The van der Waals surface area contributed by atoms with Gasteiger partial charge in [-0.05, 0) is 18.2 Å². The summed E-state index contributed by atoms with van der Waals surface area (Å²) in [4.78, 5) is 14.4. The van der Waals surface area contributed by atoms with Crippen molar-refractivity contribution in [3.8, 4) is 11.3 Å². The second-order valence-electron chi connectivity index (χ2n) is 3.09. The van der Waals surface area contributed by atoms with Gasteiger partial charge in [-0.15, -0.1) is 0 Å². The number of aliphatic carboxylic acids is 1. The lowest BCUT2D eigenvalue weighted by molar-refractivity contribution is -0.136. The highest BCUT2D eigenvalue weighted by atomic mass is 16.4. The lowest BCUT2D eigenvalue weighted by Crippen LogP contribution is -1.99. The van der Waals surface area contributed by atoms with Gasteiger partial charge in [0, 0.05) is 23.7 Å². The zero-order valence-electron chi connectivity index (χ0n) is 7.84. The van der Waals surface area contributed by atoms with Crippen LogP contribution in [0, 0.1) is 0 Å². The Balaban J connectivity index is 2.24. The first-order valence-corrected chi connectivity index (χ1v) is 4.42. The zero-order valence-corrected chi connectivity index (χ0v) is 7.84. The normalized spacial score (nSPS) is 10.1. The Bertz CT molecular complexity index is 465. The molecule has 0 aliphatic rings. The van der Waals surface area contributed by atoms with E-state index < -0.39 is 5.97 Å². The van der Waals surface area contributed by atoms with Crippen LogP contribution >= 0.6 is 0 Å². The summed E-state index contributed by atoms with van der Waals surface area (Å²) in [7, 11) is 0. The summed E-state index contributed by atoms with van der Waals surface area (Å²) in [6.45, 7) is 0. The number of pyridine rings is 1. The summed E-state index contributed by atoms with van der Waals surface area (Å²) in [5.74, 6) is -0.878. The van der Waals surface area contributed by atoms with Gasteiger partial charge >= 0.3 is 5.97 Å². The molecule has 76 valence electrons. The predicted octanol–water partition coefficient (Wildman–Crippen LogP) is 1.10. The Kier molecular flexibility index (Phi) is 2.45. The smallest absolute Gasteiger partial charge is 0.309 e. The molecule has 2 heterocycles. The molecule has 2 aromatic rings. The van der Waals surface area contributed by atoms with E-state index in [4.69, 9.17) is 5.11 Å². The van der Waals surface area contributed by atoms with E-state index in [9.17, 15) is 4.79 Å². The summed E-state index contributed by atoms with van der Waals surface area (Å²) < 4.78 is 0. The third-order valence-electron chi connectivity index (χ3n) is 1.93. The van der Waals surface area contributed by atoms with Gasteiger partial charge in [-0.2, -0.15) is 5.10 Å². The van der Waals surface area contributed by atoms with Crippen molar-refractivity contribution in [2.45, 2.75) is 6.42 Å². The summed E-state index contributed by atoms with van der Waals surface area (Å²) in [6.07, 6.45) is 3.31. The molecular weight excluding hydrogens is 194 g/mol. The van der Waals surface area contributed by atoms with Crippen molar-refractivity contribution in [2.24, 2.45) is 0 Å². The van der Waals surface area contributed by atoms with Crippen LogP contribution < -0.4 is 0 Å². The standard InChI is InChI=1S/C10H9N3O2/c14-10(15)5-8-4-9(13-12-8)7-2-1-3-11-6-7/h1-4,6H,5H2,(H,12,13)(H,14,15). The van der Waals surface area contributed by atoms with Gasteiger partial charge in [-0.1, -0.05) is 0 Å². The Labute approximate surface area is 85.8 Å². The van der Waals surface area contributed by atoms with Crippen molar-refractivity contribution in [1.29, 1.82) is 0 Å². The van der Waals surface area contributed by atoms with E-state index in [1.54, 1.807) is 24.5 Å². The van der Waals surface area contributed by atoms with Crippen LogP contribution in [0.2, 0.25) is 0 Å². The molecule has 0 amide bonds. The number of aromatic nitrogens is 3. The predicted molar refractivity (Wildman–Crippen MR) is 53.2 cm³/mol. The highest BCUT2D eigenvalue weighted by Crippen LogP contribution is 2.15. The van der Waals surface area contributed by atoms with Crippen molar-refractivity contribution < 1.29 is 9.90 Å². The van der Waals surface area contributed by atoms with Crippen molar-refractivity contribution in [3.63, 3.8) is 0 Å². The second-order valence-corrected chi connectivity index (χ2v) is 3.09. The van der Waals surface area contributed by atoms with Crippen LogP contribution in [0.15, 0.2) is 30.6 Å². The number of carboxylic acid groups (broad SMARTS) is 1. The Morgan fingerprint density at radius 2 is 2.40 bits per heavy atom. The number of hydrogen-bond donors (Lipinski definition) is 2. The molecule has 0 aliphatic heterocycles. The summed E-state index contributed by atoms with van der Waals surface area (Å²) in [5.41, 5.74) is 2.16. The van der Waals surface area contributed by atoms with Gasteiger partial charge in [0.05, 0.1) is 12.1 Å². The van der Waals surface area contributed by atoms with Crippen molar-refractivity contribution in [3.05, 3.63) is 36.3 Å². The maximum absolute atomic E-state index is 10.5. The van der Waals surface area contributed by atoms with Gasteiger partial charge in [-0.25, -0.2) is 0 Å². The third kappa shape index (κ3) is 2.19. The fourth-order valence-corrected chi connectivity index (χ4v) is 1.28. The van der Waals surface area contributed by atoms with Crippen LogP contribution in [0.25, 0.3) is 11.3 Å². The Morgan fingerprint density at radius 3 is 3.07 bits per heavy atom. The maximum atomic E-state index is 10.5. The number of hydrogen-bond acceptors (Lipinski definition) is 3. The molecule has 15 heavy (non-hydrogen) atoms. The van der Waals surface area contributed by atoms with Crippen LogP contribution in [0.4, 0.5) is 0 Å². The monoisotopic (exact) mass is 203 g/mol. The van der Waals surface area contributed by atoms with Crippen LogP contribution in [0.3, 0.4) is 0 Å². The molecule has 0 bridgehead atoms. The first kappa shape index (κ1) is 9.39. The molecule has 2 aromatic heterocycles. The molecule has 2 N–H and O–H groups in total. The van der Waals surface area contributed by atoms with Crippen molar-refractivity contribution >= 4 is 5.97 Å². The maximum Gasteiger partial charge on any atom is 0.309 e. The number of nitrogens with one attached hydrogen (secondary N) is 1. The van der Waals surface area contributed by atoms with Crippen molar-refractivity contribution in [2.75, 3.05) is 0 Å². The molecule has 0 spiro atoms. The SMILES string of the molecule is O=C(O)Cc1cc(-c2cccnc2)n[nH]1. The topological polar surface area (TPSA) is 78.9 Å². The first-order valence-electron chi connectivity index (χ1n) is 4.42. The lowest BCUT2D eigenvalue weighted by atomic mass is 10.2. The highest BCUT2D eigenvalue weighted by Gasteiger charge is 2.06. The van der Waals surface area contributed by atoms with E-state index in [0.29, 0.717) is 11.4 Å². The molecule has 0 radical (unpaired) electrons. The molecule has 5 nitrogen and oxygen atoms in total. The van der Waals surface area contributed by atoms with E-state index in [-0.39, 0.29) is 6.42 Å². The Hall–Kier alpha value is -2.17. The zero-order chi connectivity index (χ0) is 10.7. The Morgan fingerprint density at radius 1 is 1.53 bits per heavy atom. The first-order chi connectivity index (χ1) is 7.25. The van der Waals surface area contributed by atoms with Crippen LogP contribution in [-0.2, 0) is 11.2 Å². The molecule has 0 atom stereocenters. The minimum absolute atomic E-state index is 0.0484. The molecule has 0 fully saturated rings.